The molecule has 0 saturated carbocycles. The standard InChI is InChI=1S/C9H16N4O3S2/c1-3-4-16-8-11-7(10)12-9(13-8)17-5-6-18(2,14)15/h3-6H2,1-2H3,(H2,10,11,12,13). The Hall–Kier alpha value is -1.09. The molecule has 1 aromatic rings. The van der Waals surface area contributed by atoms with E-state index >= 15 is 0 Å². The van der Waals surface area contributed by atoms with E-state index in [0.717, 1.165) is 6.42 Å². The first-order valence-corrected chi connectivity index (χ1v) is 8.40. The van der Waals surface area contributed by atoms with Crippen molar-refractivity contribution in [3.05, 3.63) is 0 Å². The first-order chi connectivity index (χ1) is 8.40. The predicted octanol–water partition coefficient (Wildman–Crippen LogP) is 0.379. The lowest BCUT2D eigenvalue weighted by atomic mass is 10.5. The Balaban J connectivity index is 2.62. The van der Waals surface area contributed by atoms with E-state index in [2.05, 4.69) is 15.0 Å². The SMILES string of the molecule is CCCOc1nc(N)nc(SCCS(C)(=O)=O)n1. The second kappa shape index (κ2) is 6.74. The summed E-state index contributed by atoms with van der Waals surface area (Å²) in [5.41, 5.74) is 5.51. The summed E-state index contributed by atoms with van der Waals surface area (Å²) < 4.78 is 27.2. The molecule has 7 nitrogen and oxygen atoms in total. The lowest BCUT2D eigenvalue weighted by Crippen LogP contribution is -2.08. The van der Waals surface area contributed by atoms with E-state index in [4.69, 9.17) is 10.5 Å². The summed E-state index contributed by atoms with van der Waals surface area (Å²) in [7, 11) is -2.98. The molecule has 1 heterocycles. The van der Waals surface area contributed by atoms with Gasteiger partial charge < -0.3 is 10.5 Å². The van der Waals surface area contributed by atoms with Gasteiger partial charge in [0.15, 0.2) is 5.16 Å². The Labute approximate surface area is 110 Å². The Bertz CT molecular complexity index is 493. The molecule has 1 aromatic heterocycles. The van der Waals surface area contributed by atoms with Gasteiger partial charge in [-0.05, 0) is 6.42 Å². The van der Waals surface area contributed by atoms with Crippen LogP contribution in [0.2, 0.25) is 0 Å². The smallest absolute Gasteiger partial charge is 0.322 e. The van der Waals surface area contributed by atoms with Gasteiger partial charge in [-0.15, -0.1) is 0 Å². The zero-order valence-corrected chi connectivity index (χ0v) is 11.9. The van der Waals surface area contributed by atoms with Crippen LogP contribution in [0.3, 0.4) is 0 Å². The van der Waals surface area contributed by atoms with Gasteiger partial charge in [-0.25, -0.2) is 8.42 Å². The van der Waals surface area contributed by atoms with Gasteiger partial charge >= 0.3 is 6.01 Å². The first kappa shape index (κ1) is 15.0. The van der Waals surface area contributed by atoms with E-state index < -0.39 is 9.84 Å². The molecule has 2 N–H and O–H groups in total. The zero-order valence-electron chi connectivity index (χ0n) is 10.3. The number of nitrogens with two attached hydrogens (primary N) is 1. The maximum atomic E-state index is 11.0. The van der Waals surface area contributed by atoms with Crippen molar-refractivity contribution in [2.24, 2.45) is 0 Å². The van der Waals surface area contributed by atoms with Gasteiger partial charge in [-0.3, -0.25) is 0 Å². The lowest BCUT2D eigenvalue weighted by Gasteiger charge is -2.05. The number of sulfone groups is 1. The molecule has 0 saturated heterocycles. The van der Waals surface area contributed by atoms with E-state index in [1.54, 1.807) is 0 Å². The molecule has 0 unspecified atom stereocenters. The van der Waals surface area contributed by atoms with E-state index in [-0.39, 0.29) is 17.7 Å². The van der Waals surface area contributed by atoms with Crippen molar-refractivity contribution < 1.29 is 13.2 Å². The second-order valence-corrected chi connectivity index (χ2v) is 6.91. The first-order valence-electron chi connectivity index (χ1n) is 5.35. The van der Waals surface area contributed by atoms with Crippen molar-refractivity contribution in [2.45, 2.75) is 18.5 Å². The summed E-state index contributed by atoms with van der Waals surface area (Å²) >= 11 is 1.21. The number of hydrogen-bond donors (Lipinski definition) is 1. The molecule has 0 aliphatic rings. The fourth-order valence-electron chi connectivity index (χ4n) is 0.960. The summed E-state index contributed by atoms with van der Waals surface area (Å²) in [6.07, 6.45) is 2.02. The summed E-state index contributed by atoms with van der Waals surface area (Å²) in [6.45, 7) is 2.46. The molecular formula is C9H16N4O3S2. The summed E-state index contributed by atoms with van der Waals surface area (Å²) in [4.78, 5) is 11.8. The molecule has 102 valence electrons. The van der Waals surface area contributed by atoms with Crippen molar-refractivity contribution in [3.8, 4) is 6.01 Å². The molecule has 9 heteroatoms. The molecule has 0 fully saturated rings. The number of rotatable bonds is 7. The highest BCUT2D eigenvalue weighted by molar-refractivity contribution is 8.00. The largest absolute Gasteiger partial charge is 0.463 e. The zero-order chi connectivity index (χ0) is 13.6. The van der Waals surface area contributed by atoms with Crippen LogP contribution >= 0.6 is 11.8 Å². The lowest BCUT2D eigenvalue weighted by molar-refractivity contribution is 0.288. The van der Waals surface area contributed by atoms with E-state index in [0.29, 0.717) is 17.5 Å². The fourth-order valence-corrected chi connectivity index (χ4v) is 2.99. The summed E-state index contributed by atoms with van der Waals surface area (Å²) in [5, 5.41) is 0.372. The molecule has 0 radical (unpaired) electrons. The van der Waals surface area contributed by atoms with Gasteiger partial charge in [0, 0.05) is 12.0 Å². The maximum Gasteiger partial charge on any atom is 0.322 e. The summed E-state index contributed by atoms with van der Waals surface area (Å²) in [5.74, 6) is 0.502. The van der Waals surface area contributed by atoms with Gasteiger partial charge in [-0.2, -0.15) is 15.0 Å². The Morgan fingerprint density at radius 3 is 2.67 bits per heavy atom. The quantitative estimate of drug-likeness (QED) is 0.718. The molecule has 0 atom stereocenters. The summed E-state index contributed by atoms with van der Waals surface area (Å²) in [6, 6.07) is 0.172. The monoisotopic (exact) mass is 292 g/mol. The van der Waals surface area contributed by atoms with E-state index in [1.165, 1.54) is 18.0 Å². The molecule has 0 bridgehead atoms. The molecule has 0 spiro atoms. The molecule has 18 heavy (non-hydrogen) atoms. The van der Waals surface area contributed by atoms with Crippen LogP contribution < -0.4 is 10.5 Å². The van der Waals surface area contributed by atoms with Gasteiger partial charge in [-0.1, -0.05) is 18.7 Å². The predicted molar refractivity (Wildman–Crippen MR) is 70.5 cm³/mol. The maximum absolute atomic E-state index is 11.0. The number of nitrogen functional groups attached to an aromatic ring is 1. The van der Waals surface area contributed by atoms with Crippen LogP contribution in [0, 0.1) is 0 Å². The minimum absolute atomic E-state index is 0.0639. The van der Waals surface area contributed by atoms with Crippen molar-refractivity contribution >= 4 is 27.5 Å². The van der Waals surface area contributed by atoms with Gasteiger partial charge in [0.05, 0.1) is 12.4 Å². The minimum Gasteiger partial charge on any atom is -0.463 e. The van der Waals surface area contributed by atoms with Crippen molar-refractivity contribution in [3.63, 3.8) is 0 Å². The molecule has 0 aromatic carbocycles. The molecule has 0 amide bonds. The van der Waals surface area contributed by atoms with Gasteiger partial charge in [0.25, 0.3) is 0 Å². The van der Waals surface area contributed by atoms with Crippen molar-refractivity contribution in [2.75, 3.05) is 30.1 Å². The van der Waals surface area contributed by atoms with Crippen LogP contribution in [0.5, 0.6) is 6.01 Å². The highest BCUT2D eigenvalue weighted by Gasteiger charge is 2.08. The molecule has 1 rings (SSSR count). The van der Waals surface area contributed by atoms with Crippen LogP contribution in [-0.2, 0) is 9.84 Å². The van der Waals surface area contributed by atoms with Gasteiger partial charge in [0.1, 0.15) is 9.84 Å². The average Bonchev–Trinajstić information content (AvgIpc) is 2.24. The van der Waals surface area contributed by atoms with Crippen molar-refractivity contribution in [1.29, 1.82) is 0 Å². The normalized spacial score (nSPS) is 11.4. The molecule has 0 aliphatic carbocycles. The third-order valence-electron chi connectivity index (χ3n) is 1.73. The Morgan fingerprint density at radius 1 is 1.33 bits per heavy atom. The number of ether oxygens (including phenoxy) is 1. The van der Waals surface area contributed by atoms with Gasteiger partial charge in [0.2, 0.25) is 5.95 Å². The number of anilines is 1. The number of nitrogens with zero attached hydrogens (tertiary/aromatic N) is 3. The van der Waals surface area contributed by atoms with Crippen LogP contribution in [0.15, 0.2) is 5.16 Å². The van der Waals surface area contributed by atoms with Crippen LogP contribution in [0.25, 0.3) is 0 Å². The number of hydrogen-bond acceptors (Lipinski definition) is 8. The third-order valence-corrected chi connectivity index (χ3v) is 3.79. The number of thioether (sulfide) groups is 1. The average molecular weight is 292 g/mol. The second-order valence-electron chi connectivity index (χ2n) is 3.59. The Morgan fingerprint density at radius 2 is 2.06 bits per heavy atom. The van der Waals surface area contributed by atoms with Crippen molar-refractivity contribution in [1.82, 2.24) is 15.0 Å². The van der Waals surface area contributed by atoms with Crippen LogP contribution in [-0.4, -0.2) is 47.7 Å². The fraction of sp³-hybridized carbons (Fsp3) is 0.667. The van der Waals surface area contributed by atoms with Crippen LogP contribution in [0.1, 0.15) is 13.3 Å². The van der Waals surface area contributed by atoms with Crippen LogP contribution in [0.4, 0.5) is 5.95 Å². The number of aromatic nitrogens is 3. The molecule has 0 aliphatic heterocycles. The molecular weight excluding hydrogens is 276 g/mol. The van der Waals surface area contributed by atoms with E-state index in [1.807, 2.05) is 6.92 Å². The van der Waals surface area contributed by atoms with E-state index in [9.17, 15) is 8.42 Å². The Kier molecular flexibility index (Phi) is 5.60. The minimum atomic E-state index is -2.98. The third kappa shape index (κ3) is 6.01. The highest BCUT2D eigenvalue weighted by Crippen LogP contribution is 2.16. The topological polar surface area (TPSA) is 108 Å². The highest BCUT2D eigenvalue weighted by atomic mass is 32.2.